The third kappa shape index (κ3) is 15.7. The molecule has 7 heteroatoms. The van der Waals surface area contributed by atoms with Gasteiger partial charge in [0, 0.05) is 6.42 Å². The number of hydrogen-bond acceptors (Lipinski definition) is 7. The molecule has 0 saturated carbocycles. The van der Waals surface area contributed by atoms with Crippen molar-refractivity contribution >= 4 is 11.8 Å². The smallest absolute Gasteiger partial charge is 0.306 e. The van der Waals surface area contributed by atoms with Crippen LogP contribution < -0.4 is 0 Å². The van der Waals surface area contributed by atoms with Crippen molar-refractivity contribution < 1.29 is 34.8 Å². The third-order valence-electron chi connectivity index (χ3n) is 5.88. The molecule has 0 unspecified atom stereocenters. The molecule has 0 aromatic heterocycles. The van der Waals surface area contributed by atoms with Crippen LogP contribution in [0.3, 0.4) is 0 Å². The molecule has 0 aromatic rings. The predicted molar refractivity (Wildman–Crippen MR) is 125 cm³/mol. The second-order valence-corrected chi connectivity index (χ2v) is 8.95. The molecule has 4 atom stereocenters. The molecular weight excluding hydrogens is 412 g/mol. The molecule has 0 rings (SSSR count). The van der Waals surface area contributed by atoms with Crippen molar-refractivity contribution in [1.29, 1.82) is 0 Å². The Morgan fingerprint density at radius 3 is 1.47 bits per heavy atom. The Bertz CT molecular complexity index is 469. The van der Waals surface area contributed by atoms with Gasteiger partial charge in [0.05, 0.1) is 6.61 Å². The fourth-order valence-electron chi connectivity index (χ4n) is 3.75. The summed E-state index contributed by atoms with van der Waals surface area (Å²) < 4.78 is 5.02. The van der Waals surface area contributed by atoms with Crippen molar-refractivity contribution in [2.45, 2.75) is 141 Å². The van der Waals surface area contributed by atoms with Crippen molar-refractivity contribution in [2.24, 2.45) is 0 Å². The average Bonchev–Trinajstić information content (AvgIpc) is 2.78. The lowest BCUT2D eigenvalue weighted by Gasteiger charge is -2.27. The van der Waals surface area contributed by atoms with Gasteiger partial charge < -0.3 is 25.2 Å². The van der Waals surface area contributed by atoms with Gasteiger partial charge in [-0.15, -0.1) is 0 Å². The number of Topliss-reactive ketones (excluding diaryl/α,β-unsaturated/α-hetero) is 1. The monoisotopic (exact) mass is 460 g/mol. The second kappa shape index (κ2) is 20.6. The lowest BCUT2D eigenvalue weighted by molar-refractivity contribution is -0.172. The molecule has 0 aliphatic rings. The largest absolute Gasteiger partial charge is 0.451 e. The summed E-state index contributed by atoms with van der Waals surface area (Å²) in [6.07, 6.45) is 11.7. The Morgan fingerprint density at radius 1 is 0.688 bits per heavy atom. The number of aliphatic hydroxyl groups excluding tert-OH is 4. The minimum atomic E-state index is -1.79. The summed E-state index contributed by atoms with van der Waals surface area (Å²) in [5, 5.41) is 38.0. The van der Waals surface area contributed by atoms with Crippen molar-refractivity contribution in [2.75, 3.05) is 6.61 Å². The van der Waals surface area contributed by atoms with Gasteiger partial charge in [-0.1, -0.05) is 96.8 Å². The Balaban J connectivity index is 3.74. The van der Waals surface area contributed by atoms with Crippen molar-refractivity contribution in [3.05, 3.63) is 0 Å². The molecule has 32 heavy (non-hydrogen) atoms. The van der Waals surface area contributed by atoms with Gasteiger partial charge in [-0.25, -0.2) is 0 Å². The van der Waals surface area contributed by atoms with Crippen LogP contribution in [0.2, 0.25) is 0 Å². The van der Waals surface area contributed by atoms with Gasteiger partial charge in [0.25, 0.3) is 0 Å². The molecule has 190 valence electrons. The van der Waals surface area contributed by atoms with Crippen LogP contribution in [-0.4, -0.2) is 63.2 Å². The van der Waals surface area contributed by atoms with E-state index in [0.29, 0.717) is 6.42 Å². The maximum absolute atomic E-state index is 12.0. The number of aliphatic hydroxyl groups is 4. The number of carbonyl (C=O) groups is 2. The van der Waals surface area contributed by atoms with E-state index in [0.717, 1.165) is 26.2 Å². The number of unbranched alkanes of at least 4 members (excludes halogenated alkanes) is 14. The number of ether oxygens (including phenoxy) is 1. The normalized spacial score (nSPS) is 15.2. The summed E-state index contributed by atoms with van der Waals surface area (Å²) in [5.41, 5.74) is 0. The lowest BCUT2D eigenvalue weighted by atomic mass is 10.0. The van der Waals surface area contributed by atoms with Gasteiger partial charge in [0.15, 0.2) is 11.9 Å². The van der Waals surface area contributed by atoms with Gasteiger partial charge in [0.1, 0.15) is 18.3 Å². The summed E-state index contributed by atoms with van der Waals surface area (Å²) in [5.74, 6) is -1.25. The SMILES string of the molecule is CCCCCCCCCCCCCCCCCC(=O)O[C@@H](C(C)=O)[C@@H](O)[C@H](O)[C@H](O)CO. The summed E-state index contributed by atoms with van der Waals surface area (Å²) in [4.78, 5) is 23.6. The first kappa shape index (κ1) is 31.0. The number of esters is 1. The fraction of sp³-hybridized carbons (Fsp3) is 0.920. The van der Waals surface area contributed by atoms with Gasteiger partial charge in [-0.05, 0) is 13.3 Å². The molecule has 4 N–H and O–H groups in total. The zero-order valence-corrected chi connectivity index (χ0v) is 20.3. The highest BCUT2D eigenvalue weighted by Crippen LogP contribution is 2.15. The molecule has 0 amide bonds. The first-order valence-electron chi connectivity index (χ1n) is 12.7. The number of rotatable bonds is 22. The maximum atomic E-state index is 12.0. The molecule has 0 aromatic carbocycles. The lowest BCUT2D eigenvalue weighted by Crippen LogP contribution is -2.49. The van der Waals surface area contributed by atoms with E-state index >= 15 is 0 Å². The second-order valence-electron chi connectivity index (χ2n) is 8.95. The quantitative estimate of drug-likeness (QED) is 0.143. The van der Waals surface area contributed by atoms with Crippen LogP contribution in [-0.2, 0) is 14.3 Å². The number of ketones is 1. The minimum absolute atomic E-state index is 0.132. The highest BCUT2D eigenvalue weighted by molar-refractivity contribution is 5.84. The van der Waals surface area contributed by atoms with Crippen LogP contribution in [0.15, 0.2) is 0 Å². The molecule has 0 aliphatic carbocycles. The number of hydrogen-bond donors (Lipinski definition) is 4. The minimum Gasteiger partial charge on any atom is -0.451 e. The Kier molecular flexibility index (Phi) is 19.9. The zero-order chi connectivity index (χ0) is 24.2. The molecule has 0 heterocycles. The molecule has 0 bridgehead atoms. The van der Waals surface area contributed by atoms with Gasteiger partial charge in [0.2, 0.25) is 0 Å². The first-order valence-corrected chi connectivity index (χ1v) is 12.7. The van der Waals surface area contributed by atoms with E-state index in [1.807, 2.05) is 0 Å². The summed E-state index contributed by atoms with van der Waals surface area (Å²) in [7, 11) is 0. The molecule has 7 nitrogen and oxygen atoms in total. The van der Waals surface area contributed by atoms with E-state index in [1.54, 1.807) is 0 Å². The van der Waals surface area contributed by atoms with Crippen LogP contribution >= 0.6 is 0 Å². The van der Waals surface area contributed by atoms with Gasteiger partial charge in [-0.2, -0.15) is 0 Å². The standard InChI is InChI=1S/C25H48O7/c1-3-4-5-6-7-8-9-10-11-12-13-14-15-16-17-18-22(29)32-25(20(2)27)24(31)23(30)21(28)19-26/h21,23-26,28,30-31H,3-19H2,1-2H3/t21-,23-,24+,25+/m1/s1. The fourth-order valence-corrected chi connectivity index (χ4v) is 3.75. The summed E-state index contributed by atoms with van der Waals surface area (Å²) >= 11 is 0. The summed E-state index contributed by atoms with van der Waals surface area (Å²) in [6, 6.07) is 0. The average molecular weight is 461 g/mol. The van der Waals surface area contributed by atoms with Crippen LogP contribution in [0.1, 0.15) is 117 Å². The molecule has 0 aliphatic heterocycles. The van der Waals surface area contributed by atoms with Gasteiger partial charge in [-0.3, -0.25) is 9.59 Å². The maximum Gasteiger partial charge on any atom is 0.306 e. The topological polar surface area (TPSA) is 124 Å². The van der Waals surface area contributed by atoms with Gasteiger partial charge >= 0.3 is 5.97 Å². The summed E-state index contributed by atoms with van der Waals surface area (Å²) in [6.45, 7) is 2.59. The Labute approximate surface area is 194 Å². The van der Waals surface area contributed by atoms with E-state index < -0.39 is 42.8 Å². The van der Waals surface area contributed by atoms with Crippen LogP contribution in [0.4, 0.5) is 0 Å². The van der Waals surface area contributed by atoms with Crippen LogP contribution in [0.25, 0.3) is 0 Å². The molecule has 0 spiro atoms. The van der Waals surface area contributed by atoms with Crippen molar-refractivity contribution in [1.82, 2.24) is 0 Å². The molecular formula is C25H48O7. The van der Waals surface area contributed by atoms with E-state index in [9.17, 15) is 24.9 Å². The van der Waals surface area contributed by atoms with Crippen molar-refractivity contribution in [3.8, 4) is 0 Å². The molecule has 0 fully saturated rings. The van der Waals surface area contributed by atoms with E-state index in [4.69, 9.17) is 9.84 Å². The Morgan fingerprint density at radius 2 is 1.09 bits per heavy atom. The van der Waals surface area contributed by atoms with E-state index in [1.165, 1.54) is 70.6 Å². The highest BCUT2D eigenvalue weighted by atomic mass is 16.6. The predicted octanol–water partition coefficient (Wildman–Crippen LogP) is 3.82. The molecule has 0 radical (unpaired) electrons. The first-order chi connectivity index (χ1) is 15.3. The highest BCUT2D eigenvalue weighted by Gasteiger charge is 2.36. The van der Waals surface area contributed by atoms with Crippen LogP contribution in [0.5, 0.6) is 0 Å². The molecule has 0 saturated heterocycles. The Hall–Kier alpha value is -1.02. The van der Waals surface area contributed by atoms with E-state index in [2.05, 4.69) is 6.92 Å². The zero-order valence-electron chi connectivity index (χ0n) is 20.3. The van der Waals surface area contributed by atoms with Crippen molar-refractivity contribution in [3.63, 3.8) is 0 Å². The van der Waals surface area contributed by atoms with Crippen LogP contribution in [0, 0.1) is 0 Å². The van der Waals surface area contributed by atoms with E-state index in [-0.39, 0.29) is 6.42 Å². The third-order valence-corrected chi connectivity index (χ3v) is 5.88. The number of carbonyl (C=O) groups excluding carboxylic acids is 2.